The summed E-state index contributed by atoms with van der Waals surface area (Å²) in [5.74, 6) is 0.0842. The highest BCUT2D eigenvalue weighted by molar-refractivity contribution is 5.23. The van der Waals surface area contributed by atoms with Gasteiger partial charge in [-0.1, -0.05) is 25.8 Å². The van der Waals surface area contributed by atoms with E-state index in [0.717, 1.165) is 12.5 Å². The summed E-state index contributed by atoms with van der Waals surface area (Å²) in [6, 6.07) is 3.87. The van der Waals surface area contributed by atoms with E-state index in [1.807, 2.05) is 7.05 Å². The molecular formula is C14H19F2N. The minimum absolute atomic E-state index is 0.00639. The predicted molar refractivity (Wildman–Crippen MR) is 64.7 cm³/mol. The first-order valence-corrected chi connectivity index (χ1v) is 6.25. The molecule has 1 nitrogen and oxygen atoms in total. The van der Waals surface area contributed by atoms with E-state index in [-0.39, 0.29) is 6.04 Å². The smallest absolute Gasteiger partial charge is 0.130 e. The second-order valence-electron chi connectivity index (χ2n) is 5.00. The topological polar surface area (TPSA) is 12.0 Å². The van der Waals surface area contributed by atoms with Crippen LogP contribution < -0.4 is 5.32 Å². The Morgan fingerprint density at radius 2 is 2.06 bits per heavy atom. The number of halogens is 2. The molecule has 1 N–H and O–H groups in total. The van der Waals surface area contributed by atoms with Gasteiger partial charge in [-0.3, -0.25) is 0 Å². The zero-order valence-electron chi connectivity index (χ0n) is 10.3. The van der Waals surface area contributed by atoms with Gasteiger partial charge in [0.25, 0.3) is 0 Å². The minimum atomic E-state index is -0.513. The zero-order valence-corrected chi connectivity index (χ0v) is 10.3. The van der Waals surface area contributed by atoms with Crippen LogP contribution >= 0.6 is 0 Å². The normalized spacial score (nSPS) is 26.1. The quantitative estimate of drug-likeness (QED) is 0.848. The molecule has 2 rings (SSSR count). The third kappa shape index (κ3) is 2.49. The van der Waals surface area contributed by atoms with Crippen LogP contribution in [0.2, 0.25) is 0 Å². The molecule has 0 aliphatic heterocycles. The molecule has 0 amide bonds. The number of rotatable bonds is 3. The molecule has 0 heterocycles. The molecular weight excluding hydrogens is 220 g/mol. The zero-order chi connectivity index (χ0) is 12.4. The first-order chi connectivity index (χ1) is 8.13. The van der Waals surface area contributed by atoms with Gasteiger partial charge in [0.1, 0.15) is 11.6 Å². The number of benzene rings is 1. The SMILES string of the molecule is CNC(c1ccc(F)cc1F)C1CCCC1C. The maximum Gasteiger partial charge on any atom is 0.130 e. The first-order valence-electron chi connectivity index (χ1n) is 6.25. The fourth-order valence-corrected chi connectivity index (χ4v) is 3.02. The van der Waals surface area contributed by atoms with Crippen molar-refractivity contribution < 1.29 is 8.78 Å². The Balaban J connectivity index is 2.28. The van der Waals surface area contributed by atoms with Crippen LogP contribution in [0.4, 0.5) is 8.78 Å². The van der Waals surface area contributed by atoms with Crippen molar-refractivity contribution in [1.29, 1.82) is 0 Å². The van der Waals surface area contributed by atoms with Crippen LogP contribution in [-0.4, -0.2) is 7.05 Å². The van der Waals surface area contributed by atoms with Crippen molar-refractivity contribution in [1.82, 2.24) is 5.32 Å². The summed E-state index contributed by atoms with van der Waals surface area (Å²) in [5, 5.41) is 3.19. The lowest BCUT2D eigenvalue weighted by atomic mass is 9.86. The highest BCUT2D eigenvalue weighted by atomic mass is 19.1. The fourth-order valence-electron chi connectivity index (χ4n) is 3.02. The Morgan fingerprint density at radius 1 is 1.29 bits per heavy atom. The van der Waals surface area contributed by atoms with Gasteiger partial charge in [0.15, 0.2) is 0 Å². The molecule has 1 aromatic rings. The molecule has 3 heteroatoms. The molecule has 0 aromatic heterocycles. The van der Waals surface area contributed by atoms with Crippen molar-refractivity contribution in [3.8, 4) is 0 Å². The molecule has 94 valence electrons. The molecule has 3 unspecified atom stereocenters. The molecule has 1 aromatic carbocycles. The highest BCUT2D eigenvalue weighted by Crippen LogP contribution is 2.40. The van der Waals surface area contributed by atoms with Gasteiger partial charge < -0.3 is 5.32 Å². The number of hydrogen-bond donors (Lipinski definition) is 1. The third-order valence-electron chi connectivity index (χ3n) is 3.96. The summed E-state index contributed by atoms with van der Waals surface area (Å²) in [7, 11) is 1.85. The van der Waals surface area contributed by atoms with Gasteiger partial charge in [0, 0.05) is 17.7 Å². The number of nitrogens with one attached hydrogen (secondary N) is 1. The van der Waals surface area contributed by atoms with Crippen LogP contribution in [0.15, 0.2) is 18.2 Å². The predicted octanol–water partition coefficient (Wildman–Crippen LogP) is 3.66. The van der Waals surface area contributed by atoms with Crippen LogP contribution in [0.3, 0.4) is 0 Å². The molecule has 3 atom stereocenters. The lowest BCUT2D eigenvalue weighted by Gasteiger charge is -2.27. The van der Waals surface area contributed by atoms with E-state index in [2.05, 4.69) is 12.2 Å². The van der Waals surface area contributed by atoms with Gasteiger partial charge in [0.05, 0.1) is 0 Å². The molecule has 0 saturated heterocycles. The average Bonchev–Trinajstić information content (AvgIpc) is 2.69. The van der Waals surface area contributed by atoms with Gasteiger partial charge in [-0.25, -0.2) is 8.78 Å². The first kappa shape index (κ1) is 12.5. The van der Waals surface area contributed by atoms with Crippen LogP contribution in [0, 0.1) is 23.5 Å². The molecule has 0 bridgehead atoms. The summed E-state index contributed by atoms with van der Waals surface area (Å²) < 4.78 is 26.7. The standard InChI is InChI=1S/C14H19F2N/c1-9-4-3-5-11(9)14(17-2)12-7-6-10(15)8-13(12)16/h6-9,11,14,17H,3-5H2,1-2H3. The van der Waals surface area contributed by atoms with Gasteiger partial charge in [0.2, 0.25) is 0 Å². The molecule has 1 aliphatic carbocycles. The van der Waals surface area contributed by atoms with Crippen molar-refractivity contribution in [2.24, 2.45) is 11.8 Å². The van der Waals surface area contributed by atoms with Gasteiger partial charge in [-0.2, -0.15) is 0 Å². The molecule has 0 spiro atoms. The van der Waals surface area contributed by atoms with Crippen molar-refractivity contribution in [3.05, 3.63) is 35.4 Å². The van der Waals surface area contributed by atoms with Crippen molar-refractivity contribution in [3.63, 3.8) is 0 Å². The molecule has 17 heavy (non-hydrogen) atoms. The van der Waals surface area contributed by atoms with E-state index >= 15 is 0 Å². The van der Waals surface area contributed by atoms with Crippen molar-refractivity contribution in [2.75, 3.05) is 7.05 Å². The number of hydrogen-bond acceptors (Lipinski definition) is 1. The average molecular weight is 239 g/mol. The van der Waals surface area contributed by atoms with Crippen LogP contribution in [0.1, 0.15) is 37.8 Å². The Kier molecular flexibility index (Phi) is 3.77. The summed E-state index contributed by atoms with van der Waals surface area (Å²) >= 11 is 0. The second kappa shape index (κ2) is 5.13. The van der Waals surface area contributed by atoms with Gasteiger partial charge in [-0.15, -0.1) is 0 Å². The van der Waals surface area contributed by atoms with E-state index in [9.17, 15) is 8.78 Å². The van der Waals surface area contributed by atoms with Crippen LogP contribution in [0.25, 0.3) is 0 Å². The van der Waals surface area contributed by atoms with E-state index < -0.39 is 11.6 Å². The molecule has 1 saturated carbocycles. The van der Waals surface area contributed by atoms with Gasteiger partial charge >= 0.3 is 0 Å². The Bertz CT molecular complexity index is 392. The monoisotopic (exact) mass is 239 g/mol. The largest absolute Gasteiger partial charge is 0.313 e. The van der Waals surface area contributed by atoms with E-state index in [0.29, 0.717) is 17.4 Å². The second-order valence-corrected chi connectivity index (χ2v) is 5.00. The summed E-state index contributed by atoms with van der Waals surface area (Å²) in [6.45, 7) is 2.21. The van der Waals surface area contributed by atoms with Crippen molar-refractivity contribution >= 4 is 0 Å². The van der Waals surface area contributed by atoms with Crippen LogP contribution in [-0.2, 0) is 0 Å². The van der Waals surface area contributed by atoms with Crippen LogP contribution in [0.5, 0.6) is 0 Å². The highest BCUT2D eigenvalue weighted by Gasteiger charge is 2.32. The lowest BCUT2D eigenvalue weighted by molar-refractivity contribution is 0.308. The van der Waals surface area contributed by atoms with E-state index in [4.69, 9.17) is 0 Å². The maximum absolute atomic E-state index is 13.8. The van der Waals surface area contributed by atoms with Crippen molar-refractivity contribution in [2.45, 2.75) is 32.2 Å². The molecule has 0 radical (unpaired) electrons. The summed E-state index contributed by atoms with van der Waals surface area (Å²) in [6.07, 6.45) is 3.52. The lowest BCUT2D eigenvalue weighted by Crippen LogP contribution is -2.27. The fraction of sp³-hybridized carbons (Fsp3) is 0.571. The van der Waals surface area contributed by atoms with E-state index in [1.165, 1.54) is 18.9 Å². The Hall–Kier alpha value is -0.960. The Morgan fingerprint density at radius 3 is 2.59 bits per heavy atom. The summed E-state index contributed by atoms with van der Waals surface area (Å²) in [4.78, 5) is 0. The third-order valence-corrected chi connectivity index (χ3v) is 3.96. The van der Waals surface area contributed by atoms with E-state index in [1.54, 1.807) is 6.07 Å². The maximum atomic E-state index is 13.8. The van der Waals surface area contributed by atoms with Gasteiger partial charge in [-0.05, 0) is 31.4 Å². The Labute approximate surface area is 101 Å². The summed E-state index contributed by atoms with van der Waals surface area (Å²) in [5.41, 5.74) is 0.590. The minimum Gasteiger partial charge on any atom is -0.313 e. The molecule has 1 fully saturated rings. The molecule has 1 aliphatic rings.